The molecule has 0 spiro atoms. The summed E-state index contributed by atoms with van der Waals surface area (Å²) in [7, 11) is 0. The Bertz CT molecular complexity index is 1160. The van der Waals surface area contributed by atoms with Crippen molar-refractivity contribution in [3.8, 4) is 0 Å². The third-order valence-corrected chi connectivity index (χ3v) is 5.49. The fourth-order valence-electron chi connectivity index (χ4n) is 3.00. The van der Waals surface area contributed by atoms with Crippen molar-refractivity contribution < 1.29 is 32.7 Å². The number of anilines is 2. The van der Waals surface area contributed by atoms with Crippen LogP contribution in [0.15, 0.2) is 47.8 Å². The predicted molar refractivity (Wildman–Crippen MR) is 115 cm³/mol. The molecular formula is C21H18F3N3O4S. The summed E-state index contributed by atoms with van der Waals surface area (Å²) >= 11 is 1.53. The van der Waals surface area contributed by atoms with Gasteiger partial charge in [-0.2, -0.15) is 13.2 Å². The first-order valence-electron chi connectivity index (χ1n) is 9.36. The standard InChI is InChI=1S/C19H17N3O2S.C2HF3O2/c23-18(21-14-6-5-13-10-20-8-7-12(13)9-14)19(24)22-16-11-25-17-4-2-1-3-15(16)17;3-2(4,5)1(6)7/h1-6,9,11,20H,7-8,10H2,(H,21,23)(H,22,24);(H,6,7). The third kappa shape index (κ3) is 5.83. The molecule has 0 atom stereocenters. The van der Waals surface area contributed by atoms with Gasteiger partial charge in [-0.25, -0.2) is 4.79 Å². The van der Waals surface area contributed by atoms with Gasteiger partial charge in [-0.3, -0.25) is 9.59 Å². The zero-order valence-electron chi connectivity index (χ0n) is 16.5. The summed E-state index contributed by atoms with van der Waals surface area (Å²) in [5, 5.41) is 18.6. The van der Waals surface area contributed by atoms with E-state index in [0.717, 1.165) is 29.6 Å². The lowest BCUT2D eigenvalue weighted by Gasteiger charge is -2.18. The van der Waals surface area contributed by atoms with E-state index >= 15 is 0 Å². The maximum atomic E-state index is 12.2. The van der Waals surface area contributed by atoms with E-state index in [9.17, 15) is 22.8 Å². The smallest absolute Gasteiger partial charge is 0.475 e. The molecule has 0 aliphatic carbocycles. The number of halogens is 3. The van der Waals surface area contributed by atoms with Gasteiger partial charge >= 0.3 is 24.0 Å². The molecule has 0 radical (unpaired) electrons. The molecule has 0 fully saturated rings. The van der Waals surface area contributed by atoms with Gasteiger partial charge in [-0.15, -0.1) is 11.3 Å². The van der Waals surface area contributed by atoms with E-state index in [2.05, 4.69) is 16.0 Å². The van der Waals surface area contributed by atoms with Crippen molar-refractivity contribution >= 4 is 50.6 Å². The van der Waals surface area contributed by atoms with E-state index < -0.39 is 24.0 Å². The first-order chi connectivity index (χ1) is 15.1. The van der Waals surface area contributed by atoms with Gasteiger partial charge in [-0.05, 0) is 42.3 Å². The number of hydrogen-bond acceptors (Lipinski definition) is 5. The van der Waals surface area contributed by atoms with Crippen LogP contribution in [0.3, 0.4) is 0 Å². The topological polar surface area (TPSA) is 108 Å². The van der Waals surface area contributed by atoms with E-state index in [0.29, 0.717) is 11.4 Å². The molecule has 1 aliphatic heterocycles. The molecule has 2 amide bonds. The van der Waals surface area contributed by atoms with Crippen molar-refractivity contribution in [2.24, 2.45) is 0 Å². The molecule has 7 nitrogen and oxygen atoms in total. The number of amides is 2. The van der Waals surface area contributed by atoms with Gasteiger partial charge in [-0.1, -0.05) is 24.3 Å². The first-order valence-corrected chi connectivity index (χ1v) is 10.2. The molecule has 0 unspecified atom stereocenters. The average Bonchev–Trinajstić information content (AvgIpc) is 3.16. The largest absolute Gasteiger partial charge is 0.490 e. The fourth-order valence-corrected chi connectivity index (χ4v) is 3.89. The zero-order valence-corrected chi connectivity index (χ0v) is 17.3. The fraction of sp³-hybridized carbons (Fsp3) is 0.190. The van der Waals surface area contributed by atoms with Crippen molar-refractivity contribution in [3.05, 3.63) is 59.0 Å². The Hall–Kier alpha value is -3.44. The van der Waals surface area contributed by atoms with Crippen LogP contribution in [-0.2, 0) is 27.3 Å². The van der Waals surface area contributed by atoms with Gasteiger partial charge in [0.15, 0.2) is 0 Å². The number of nitrogens with one attached hydrogen (secondary N) is 3. The van der Waals surface area contributed by atoms with Crippen LogP contribution < -0.4 is 16.0 Å². The highest BCUT2D eigenvalue weighted by Gasteiger charge is 2.38. The van der Waals surface area contributed by atoms with Crippen molar-refractivity contribution in [3.63, 3.8) is 0 Å². The van der Waals surface area contributed by atoms with Gasteiger partial charge in [0.1, 0.15) is 0 Å². The number of hydrogen-bond donors (Lipinski definition) is 4. The molecule has 11 heteroatoms. The van der Waals surface area contributed by atoms with Crippen molar-refractivity contribution in [2.45, 2.75) is 19.1 Å². The molecule has 1 aromatic heterocycles. The number of carboxylic acids is 1. The van der Waals surface area contributed by atoms with Crippen LogP contribution in [0, 0.1) is 0 Å². The Morgan fingerprint density at radius 3 is 2.41 bits per heavy atom. The zero-order chi connectivity index (χ0) is 23.3. The molecule has 168 valence electrons. The van der Waals surface area contributed by atoms with Gasteiger partial charge in [0.25, 0.3) is 0 Å². The summed E-state index contributed by atoms with van der Waals surface area (Å²) in [6.07, 6.45) is -4.16. The number of carboxylic acid groups (broad SMARTS) is 1. The molecule has 0 saturated carbocycles. The summed E-state index contributed by atoms with van der Waals surface area (Å²) in [4.78, 5) is 33.3. The van der Waals surface area contributed by atoms with Gasteiger partial charge < -0.3 is 21.1 Å². The minimum atomic E-state index is -5.08. The second-order valence-corrected chi connectivity index (χ2v) is 7.68. The molecule has 0 bridgehead atoms. The predicted octanol–water partition coefficient (Wildman–Crippen LogP) is 3.76. The number of alkyl halides is 3. The summed E-state index contributed by atoms with van der Waals surface area (Å²) in [5.74, 6) is -4.08. The lowest BCUT2D eigenvalue weighted by Crippen LogP contribution is -2.29. The monoisotopic (exact) mass is 465 g/mol. The number of aliphatic carboxylic acids is 1. The highest BCUT2D eigenvalue weighted by molar-refractivity contribution is 7.17. The van der Waals surface area contributed by atoms with Crippen molar-refractivity contribution in [2.75, 3.05) is 17.2 Å². The highest BCUT2D eigenvalue weighted by atomic mass is 32.1. The molecule has 0 saturated heterocycles. The highest BCUT2D eigenvalue weighted by Crippen LogP contribution is 2.29. The summed E-state index contributed by atoms with van der Waals surface area (Å²) in [5.41, 5.74) is 3.76. The van der Waals surface area contributed by atoms with Crippen LogP contribution in [0.4, 0.5) is 24.5 Å². The quantitative estimate of drug-likeness (QED) is 0.431. The minimum Gasteiger partial charge on any atom is -0.475 e. The van der Waals surface area contributed by atoms with Crippen LogP contribution >= 0.6 is 11.3 Å². The Labute approximate surface area is 184 Å². The molecular weight excluding hydrogens is 447 g/mol. The van der Waals surface area contributed by atoms with E-state index in [1.54, 1.807) is 0 Å². The normalized spacial score (nSPS) is 12.8. The number of carbonyl (C=O) groups is 3. The lowest BCUT2D eigenvalue weighted by atomic mass is 10.0. The Morgan fingerprint density at radius 2 is 1.69 bits per heavy atom. The third-order valence-electron chi connectivity index (χ3n) is 4.53. The van der Waals surface area contributed by atoms with Crippen LogP contribution in [0.25, 0.3) is 10.1 Å². The molecule has 4 N–H and O–H groups in total. The van der Waals surface area contributed by atoms with Gasteiger partial charge in [0.2, 0.25) is 0 Å². The molecule has 2 aromatic carbocycles. The molecule has 1 aliphatic rings. The minimum absolute atomic E-state index is 0.649. The van der Waals surface area contributed by atoms with Crippen LogP contribution in [0.5, 0.6) is 0 Å². The number of rotatable bonds is 2. The summed E-state index contributed by atoms with van der Waals surface area (Å²) in [6, 6.07) is 13.5. The number of fused-ring (bicyclic) bond motifs is 2. The summed E-state index contributed by atoms with van der Waals surface area (Å²) in [6.45, 7) is 1.77. The Balaban J connectivity index is 0.000000360. The van der Waals surface area contributed by atoms with Gasteiger partial charge in [0, 0.05) is 27.7 Å². The Morgan fingerprint density at radius 1 is 1.00 bits per heavy atom. The number of benzene rings is 2. The molecule has 4 rings (SSSR count). The van der Waals surface area contributed by atoms with E-state index in [4.69, 9.17) is 9.90 Å². The molecule has 2 heterocycles. The maximum Gasteiger partial charge on any atom is 0.490 e. The first kappa shape index (κ1) is 23.2. The van der Waals surface area contributed by atoms with E-state index in [1.807, 2.05) is 47.8 Å². The second kappa shape index (κ2) is 9.79. The van der Waals surface area contributed by atoms with Crippen molar-refractivity contribution in [1.29, 1.82) is 0 Å². The van der Waals surface area contributed by atoms with Gasteiger partial charge in [0.05, 0.1) is 5.69 Å². The number of thiophene rings is 1. The average molecular weight is 465 g/mol. The summed E-state index contributed by atoms with van der Waals surface area (Å²) < 4.78 is 32.8. The molecule has 32 heavy (non-hydrogen) atoms. The van der Waals surface area contributed by atoms with Crippen LogP contribution in [-0.4, -0.2) is 35.6 Å². The second-order valence-electron chi connectivity index (χ2n) is 6.77. The van der Waals surface area contributed by atoms with E-state index in [-0.39, 0.29) is 0 Å². The maximum absolute atomic E-state index is 12.2. The Kier molecular flexibility index (Phi) is 7.11. The van der Waals surface area contributed by atoms with Crippen molar-refractivity contribution in [1.82, 2.24) is 5.32 Å². The van der Waals surface area contributed by atoms with E-state index in [1.165, 1.54) is 22.5 Å². The van der Waals surface area contributed by atoms with Crippen LogP contribution in [0.1, 0.15) is 11.1 Å². The molecule has 3 aromatic rings. The lowest BCUT2D eigenvalue weighted by molar-refractivity contribution is -0.192. The SMILES string of the molecule is O=C(Nc1ccc2c(c1)CCNC2)C(=O)Nc1csc2ccccc12.O=C(O)C(F)(F)F. The number of carbonyl (C=O) groups excluding carboxylic acids is 2. The van der Waals surface area contributed by atoms with Crippen LogP contribution in [0.2, 0.25) is 0 Å².